The average molecular weight is 219 g/mol. The third-order valence-corrected chi connectivity index (χ3v) is 3.70. The van der Waals surface area contributed by atoms with Crippen molar-refractivity contribution >= 4 is 22.1 Å². The maximum Gasteiger partial charge on any atom is 0.245 e. The van der Waals surface area contributed by atoms with E-state index < -0.39 is 11.2 Å². The van der Waals surface area contributed by atoms with Gasteiger partial charge in [-0.15, -0.1) is 0 Å². The number of para-hydroxylation sites is 1. The summed E-state index contributed by atoms with van der Waals surface area (Å²) in [7, 11) is 0. The predicted molar refractivity (Wildman–Crippen MR) is 63.3 cm³/mol. The minimum absolute atomic E-state index is 0.110. The molecular formula is C12H13NOS. The quantitative estimate of drug-likeness (QED) is 0.728. The summed E-state index contributed by atoms with van der Waals surface area (Å²) in [4.78, 5) is 4.40. The minimum Gasteiger partial charge on any atom is -0.610 e. The van der Waals surface area contributed by atoms with Crippen LogP contribution in [0.15, 0.2) is 41.4 Å². The fraction of sp³-hybridized carbons (Fsp3) is 0.250. The van der Waals surface area contributed by atoms with Crippen LogP contribution in [0.3, 0.4) is 0 Å². The number of nitrogens with zero attached hydrogens (tertiary/aromatic N) is 1. The lowest BCUT2D eigenvalue weighted by Crippen LogP contribution is -2.15. The molecule has 0 amide bonds. The first-order chi connectivity index (χ1) is 7.18. The molecule has 2 rings (SSSR count). The molecule has 78 valence electrons. The first kappa shape index (κ1) is 10.5. The lowest BCUT2D eigenvalue weighted by atomic mass is 10.2. The van der Waals surface area contributed by atoms with Crippen LogP contribution in [-0.4, -0.2) is 14.8 Å². The number of fused-ring (bicyclic) bond motifs is 1. The van der Waals surface area contributed by atoms with E-state index in [1.165, 1.54) is 0 Å². The van der Waals surface area contributed by atoms with Gasteiger partial charge < -0.3 is 4.55 Å². The molecule has 2 nitrogen and oxygen atoms in total. The molecule has 0 aliphatic heterocycles. The van der Waals surface area contributed by atoms with E-state index in [0.717, 1.165) is 10.9 Å². The summed E-state index contributed by atoms with van der Waals surface area (Å²) in [6, 6.07) is 11.7. The normalized spacial score (nSPS) is 13.3. The fourth-order valence-electron chi connectivity index (χ4n) is 1.40. The molecule has 0 N–H and O–H groups in total. The summed E-state index contributed by atoms with van der Waals surface area (Å²) in [5, 5.41) is 1.87. The van der Waals surface area contributed by atoms with Gasteiger partial charge in [0.05, 0.1) is 5.52 Å². The Kier molecular flexibility index (Phi) is 2.93. The predicted octanol–water partition coefficient (Wildman–Crippen LogP) is 2.75. The zero-order valence-corrected chi connectivity index (χ0v) is 9.62. The molecule has 1 heterocycles. The molecular weight excluding hydrogens is 206 g/mol. The molecule has 0 spiro atoms. The Balaban J connectivity index is 2.47. The molecule has 3 heteroatoms. The first-order valence-electron chi connectivity index (χ1n) is 4.95. The van der Waals surface area contributed by atoms with Crippen molar-refractivity contribution in [2.24, 2.45) is 0 Å². The SMILES string of the molecule is CC(C)[S+]([O-])c1ccc2ccccc2n1. The van der Waals surface area contributed by atoms with E-state index in [9.17, 15) is 4.55 Å². The maximum absolute atomic E-state index is 11.8. The number of aromatic nitrogens is 1. The van der Waals surface area contributed by atoms with Crippen molar-refractivity contribution in [1.29, 1.82) is 0 Å². The monoisotopic (exact) mass is 219 g/mol. The number of benzene rings is 1. The van der Waals surface area contributed by atoms with Crippen LogP contribution >= 0.6 is 0 Å². The van der Waals surface area contributed by atoms with E-state index in [2.05, 4.69) is 4.98 Å². The molecule has 1 aromatic carbocycles. The van der Waals surface area contributed by atoms with Gasteiger partial charge in [0, 0.05) is 22.6 Å². The Hall–Kier alpha value is -1.06. The van der Waals surface area contributed by atoms with Crippen molar-refractivity contribution < 1.29 is 4.55 Å². The summed E-state index contributed by atoms with van der Waals surface area (Å²) in [6.45, 7) is 3.87. The molecule has 1 aromatic heterocycles. The van der Waals surface area contributed by atoms with Gasteiger partial charge in [-0.05, 0) is 26.0 Å². The van der Waals surface area contributed by atoms with Crippen molar-refractivity contribution in [3.8, 4) is 0 Å². The smallest absolute Gasteiger partial charge is 0.245 e. The van der Waals surface area contributed by atoms with Crippen LogP contribution in [0.25, 0.3) is 10.9 Å². The highest BCUT2D eigenvalue weighted by molar-refractivity contribution is 7.91. The van der Waals surface area contributed by atoms with Crippen LogP contribution in [-0.2, 0) is 11.2 Å². The Labute approximate surface area is 92.5 Å². The molecule has 0 bridgehead atoms. The summed E-state index contributed by atoms with van der Waals surface area (Å²) >= 11 is -1.00. The van der Waals surface area contributed by atoms with Gasteiger partial charge in [-0.1, -0.05) is 18.2 Å². The van der Waals surface area contributed by atoms with E-state index in [4.69, 9.17) is 0 Å². The second-order valence-electron chi connectivity index (χ2n) is 3.69. The van der Waals surface area contributed by atoms with E-state index in [1.54, 1.807) is 0 Å². The Morgan fingerprint density at radius 3 is 2.60 bits per heavy atom. The molecule has 0 radical (unpaired) electrons. The van der Waals surface area contributed by atoms with Gasteiger partial charge in [0.25, 0.3) is 0 Å². The Morgan fingerprint density at radius 1 is 1.13 bits per heavy atom. The molecule has 0 saturated heterocycles. The summed E-state index contributed by atoms with van der Waals surface area (Å²) < 4.78 is 11.8. The zero-order valence-electron chi connectivity index (χ0n) is 8.81. The number of rotatable bonds is 2. The second-order valence-corrected chi connectivity index (χ2v) is 5.64. The van der Waals surface area contributed by atoms with Gasteiger partial charge in [-0.3, -0.25) is 0 Å². The number of hydrogen-bond donors (Lipinski definition) is 0. The van der Waals surface area contributed by atoms with Crippen LogP contribution in [0.2, 0.25) is 0 Å². The standard InChI is InChI=1S/C12H13NOS/c1-9(2)15(14)12-8-7-10-5-3-4-6-11(10)13-12/h3-9H,1-2H3. The minimum atomic E-state index is -1.00. The molecule has 0 fully saturated rings. The van der Waals surface area contributed by atoms with Crippen LogP contribution < -0.4 is 0 Å². The highest BCUT2D eigenvalue weighted by atomic mass is 32.2. The highest BCUT2D eigenvalue weighted by Gasteiger charge is 2.16. The molecule has 1 unspecified atom stereocenters. The van der Waals surface area contributed by atoms with Crippen LogP contribution in [0.1, 0.15) is 13.8 Å². The lowest BCUT2D eigenvalue weighted by molar-refractivity contribution is 0.583. The van der Waals surface area contributed by atoms with Gasteiger partial charge >= 0.3 is 0 Å². The molecule has 0 aliphatic carbocycles. The summed E-state index contributed by atoms with van der Waals surface area (Å²) in [5.41, 5.74) is 0.906. The van der Waals surface area contributed by atoms with E-state index in [0.29, 0.717) is 5.03 Å². The van der Waals surface area contributed by atoms with E-state index >= 15 is 0 Å². The van der Waals surface area contributed by atoms with Gasteiger partial charge in [0.2, 0.25) is 5.03 Å². The van der Waals surface area contributed by atoms with E-state index in [1.807, 2.05) is 50.2 Å². The van der Waals surface area contributed by atoms with Gasteiger partial charge in [-0.2, -0.15) is 0 Å². The molecule has 2 aromatic rings. The van der Waals surface area contributed by atoms with Crippen molar-refractivity contribution in [1.82, 2.24) is 4.98 Å². The van der Waals surface area contributed by atoms with Crippen molar-refractivity contribution in [3.63, 3.8) is 0 Å². The average Bonchev–Trinajstić information content (AvgIpc) is 2.27. The third-order valence-electron chi connectivity index (χ3n) is 2.21. The maximum atomic E-state index is 11.8. The van der Waals surface area contributed by atoms with E-state index in [-0.39, 0.29) is 5.25 Å². The molecule has 1 atom stereocenters. The van der Waals surface area contributed by atoms with Crippen molar-refractivity contribution in [2.75, 3.05) is 0 Å². The molecule has 15 heavy (non-hydrogen) atoms. The topological polar surface area (TPSA) is 36.0 Å². The highest BCUT2D eigenvalue weighted by Crippen LogP contribution is 2.18. The van der Waals surface area contributed by atoms with Crippen molar-refractivity contribution in [2.45, 2.75) is 24.1 Å². The van der Waals surface area contributed by atoms with Crippen LogP contribution in [0.5, 0.6) is 0 Å². The number of pyridine rings is 1. The second kappa shape index (κ2) is 4.21. The Morgan fingerprint density at radius 2 is 1.87 bits per heavy atom. The first-order valence-corrected chi connectivity index (χ1v) is 6.16. The lowest BCUT2D eigenvalue weighted by Gasteiger charge is -2.12. The number of hydrogen-bond acceptors (Lipinski definition) is 2. The van der Waals surface area contributed by atoms with Gasteiger partial charge in [0.1, 0.15) is 5.25 Å². The third kappa shape index (κ3) is 2.13. The molecule has 0 saturated carbocycles. The van der Waals surface area contributed by atoms with Crippen molar-refractivity contribution in [3.05, 3.63) is 36.4 Å². The fourth-order valence-corrected chi connectivity index (χ4v) is 2.27. The summed E-state index contributed by atoms with van der Waals surface area (Å²) in [5.74, 6) is 0. The van der Waals surface area contributed by atoms with Crippen LogP contribution in [0.4, 0.5) is 0 Å². The molecule has 0 aliphatic rings. The summed E-state index contributed by atoms with van der Waals surface area (Å²) in [6.07, 6.45) is 0. The van der Waals surface area contributed by atoms with Crippen LogP contribution in [0, 0.1) is 0 Å². The Bertz CT molecular complexity index is 470. The largest absolute Gasteiger partial charge is 0.610 e. The van der Waals surface area contributed by atoms with Gasteiger partial charge in [0.15, 0.2) is 0 Å². The van der Waals surface area contributed by atoms with Gasteiger partial charge in [-0.25, -0.2) is 4.98 Å². The zero-order chi connectivity index (χ0) is 10.8.